The molecule has 0 atom stereocenters. The van der Waals surface area contributed by atoms with Gasteiger partial charge in [0.1, 0.15) is 11.5 Å². The molecule has 1 aliphatic heterocycles. The van der Waals surface area contributed by atoms with Crippen LogP contribution in [0.15, 0.2) is 41.3 Å². The lowest BCUT2D eigenvalue weighted by atomic mass is 10.2. The molecule has 33 heavy (non-hydrogen) atoms. The third-order valence-corrected chi connectivity index (χ3v) is 7.35. The summed E-state index contributed by atoms with van der Waals surface area (Å²) in [5.41, 5.74) is 0.201. The molecule has 9 nitrogen and oxygen atoms in total. The Morgan fingerprint density at radius 3 is 2.42 bits per heavy atom. The number of benzene rings is 2. The van der Waals surface area contributed by atoms with E-state index in [1.807, 2.05) is 0 Å². The van der Waals surface area contributed by atoms with Gasteiger partial charge in [0.05, 0.1) is 35.4 Å². The number of rotatable bonds is 8. The monoisotopic (exact) mass is 496 g/mol. The molecule has 1 N–H and O–H groups in total. The van der Waals surface area contributed by atoms with Gasteiger partial charge in [-0.15, -0.1) is 0 Å². The molecule has 2 aromatic rings. The van der Waals surface area contributed by atoms with Crippen LogP contribution in [-0.2, 0) is 19.6 Å². The fourth-order valence-electron chi connectivity index (χ4n) is 3.38. The first-order valence-corrected chi connectivity index (χ1v) is 12.1. The zero-order valence-corrected chi connectivity index (χ0v) is 19.9. The standard InChI is InChI=1S/C22H25ClN2O7S/c1-30-15-6-9-20(31-2)19(12-15)24-21(26)14-32-22(27)17-13-16(7-8-18(17)23)33(28,29)25-10-4-3-5-11-25/h6-9,12-13H,3-5,10-11,14H2,1-2H3,(H,24,26). The Bertz CT molecular complexity index is 1130. The lowest BCUT2D eigenvalue weighted by Crippen LogP contribution is -2.35. The van der Waals surface area contributed by atoms with Crippen molar-refractivity contribution in [1.82, 2.24) is 4.31 Å². The maximum atomic E-state index is 12.9. The van der Waals surface area contributed by atoms with Crippen LogP contribution in [0.2, 0.25) is 5.02 Å². The Morgan fingerprint density at radius 1 is 1.03 bits per heavy atom. The topological polar surface area (TPSA) is 111 Å². The second kappa shape index (κ2) is 10.9. The quantitative estimate of drug-likeness (QED) is 0.558. The molecule has 0 unspecified atom stereocenters. The van der Waals surface area contributed by atoms with Crippen LogP contribution in [0.1, 0.15) is 29.6 Å². The van der Waals surface area contributed by atoms with Gasteiger partial charge >= 0.3 is 5.97 Å². The number of sulfonamides is 1. The van der Waals surface area contributed by atoms with Crippen LogP contribution < -0.4 is 14.8 Å². The summed E-state index contributed by atoms with van der Waals surface area (Å²) in [5, 5.41) is 2.60. The zero-order valence-electron chi connectivity index (χ0n) is 18.3. The second-order valence-electron chi connectivity index (χ2n) is 7.30. The van der Waals surface area contributed by atoms with Gasteiger partial charge in [0.15, 0.2) is 6.61 Å². The number of carbonyl (C=O) groups excluding carboxylic acids is 2. The molecule has 0 saturated carbocycles. The summed E-state index contributed by atoms with van der Waals surface area (Å²) in [7, 11) is -0.826. The Labute approximate surface area is 197 Å². The average Bonchev–Trinajstić information content (AvgIpc) is 2.83. The van der Waals surface area contributed by atoms with E-state index in [1.54, 1.807) is 18.2 Å². The Balaban J connectivity index is 1.69. The van der Waals surface area contributed by atoms with Gasteiger partial charge in [-0.2, -0.15) is 4.31 Å². The molecule has 0 radical (unpaired) electrons. The number of ether oxygens (including phenoxy) is 3. The van der Waals surface area contributed by atoms with Gasteiger partial charge in [0, 0.05) is 19.2 Å². The van der Waals surface area contributed by atoms with E-state index in [4.69, 9.17) is 25.8 Å². The van der Waals surface area contributed by atoms with Gasteiger partial charge in [-0.25, -0.2) is 13.2 Å². The number of methoxy groups -OCH3 is 2. The first-order chi connectivity index (χ1) is 15.8. The van der Waals surface area contributed by atoms with Crippen LogP contribution in [0.4, 0.5) is 5.69 Å². The maximum Gasteiger partial charge on any atom is 0.340 e. The number of anilines is 1. The predicted octanol–water partition coefficient (Wildman–Crippen LogP) is 3.33. The fourth-order valence-corrected chi connectivity index (χ4v) is 5.12. The summed E-state index contributed by atoms with van der Waals surface area (Å²) in [6.45, 7) is 0.246. The molecular weight excluding hydrogens is 472 g/mol. The van der Waals surface area contributed by atoms with Crippen LogP contribution in [0.3, 0.4) is 0 Å². The molecule has 3 rings (SSSR count). The Hall–Kier alpha value is -2.82. The molecule has 1 fully saturated rings. The van der Waals surface area contributed by atoms with Crippen LogP contribution in [0.25, 0.3) is 0 Å². The normalized spacial score (nSPS) is 14.4. The number of hydrogen-bond donors (Lipinski definition) is 1. The average molecular weight is 497 g/mol. The highest BCUT2D eigenvalue weighted by Crippen LogP contribution is 2.29. The minimum absolute atomic E-state index is 0.0208. The van der Waals surface area contributed by atoms with Crippen LogP contribution in [0.5, 0.6) is 11.5 Å². The van der Waals surface area contributed by atoms with Crippen molar-refractivity contribution >= 4 is 39.2 Å². The van der Waals surface area contributed by atoms with Crippen molar-refractivity contribution in [2.75, 3.05) is 39.2 Å². The summed E-state index contributed by atoms with van der Waals surface area (Å²) < 4.78 is 42.6. The van der Waals surface area contributed by atoms with Gasteiger partial charge in [0.25, 0.3) is 5.91 Å². The number of piperidine rings is 1. The number of halogens is 1. The van der Waals surface area contributed by atoms with Crippen molar-refractivity contribution in [3.05, 3.63) is 47.0 Å². The Kier molecular flexibility index (Phi) is 8.17. The highest BCUT2D eigenvalue weighted by Gasteiger charge is 2.27. The second-order valence-corrected chi connectivity index (χ2v) is 9.64. The van der Waals surface area contributed by atoms with E-state index in [0.717, 1.165) is 19.3 Å². The van der Waals surface area contributed by atoms with Crippen LogP contribution in [0, 0.1) is 0 Å². The van der Waals surface area contributed by atoms with Gasteiger partial charge in [0.2, 0.25) is 10.0 Å². The molecule has 1 saturated heterocycles. The first kappa shape index (κ1) is 24.8. The van der Waals surface area contributed by atoms with Crippen molar-refractivity contribution in [1.29, 1.82) is 0 Å². The predicted molar refractivity (Wildman–Crippen MR) is 123 cm³/mol. The highest BCUT2D eigenvalue weighted by atomic mass is 35.5. The van der Waals surface area contributed by atoms with Crippen LogP contribution in [-0.4, -0.2) is 58.5 Å². The first-order valence-electron chi connectivity index (χ1n) is 10.2. The zero-order chi connectivity index (χ0) is 24.0. The third-order valence-electron chi connectivity index (χ3n) is 5.13. The van der Waals surface area contributed by atoms with E-state index < -0.39 is 28.5 Å². The van der Waals surface area contributed by atoms with Crippen molar-refractivity contribution in [3.8, 4) is 11.5 Å². The Morgan fingerprint density at radius 2 is 1.76 bits per heavy atom. The van der Waals surface area contributed by atoms with Gasteiger partial charge in [-0.05, 0) is 43.2 Å². The maximum absolute atomic E-state index is 12.9. The largest absolute Gasteiger partial charge is 0.497 e. The number of nitrogens with one attached hydrogen (secondary N) is 1. The molecule has 178 valence electrons. The van der Waals surface area contributed by atoms with E-state index in [0.29, 0.717) is 30.3 Å². The summed E-state index contributed by atoms with van der Waals surface area (Å²) >= 11 is 6.10. The summed E-state index contributed by atoms with van der Waals surface area (Å²) in [6, 6.07) is 8.71. The molecule has 1 amide bonds. The van der Waals surface area contributed by atoms with E-state index in [9.17, 15) is 18.0 Å². The number of nitrogens with zero attached hydrogens (tertiary/aromatic N) is 1. The van der Waals surface area contributed by atoms with E-state index >= 15 is 0 Å². The van der Waals surface area contributed by atoms with E-state index in [2.05, 4.69) is 5.32 Å². The summed E-state index contributed by atoms with van der Waals surface area (Å²) in [5.74, 6) is -0.637. The minimum Gasteiger partial charge on any atom is -0.497 e. The number of amides is 1. The highest BCUT2D eigenvalue weighted by molar-refractivity contribution is 7.89. The number of hydrogen-bond acceptors (Lipinski definition) is 7. The number of carbonyl (C=O) groups is 2. The molecule has 1 aliphatic rings. The smallest absolute Gasteiger partial charge is 0.340 e. The molecule has 0 spiro atoms. The van der Waals surface area contributed by atoms with Gasteiger partial charge in [-0.3, -0.25) is 4.79 Å². The minimum atomic E-state index is -3.76. The summed E-state index contributed by atoms with van der Waals surface area (Å²) in [6.07, 6.45) is 2.55. The summed E-state index contributed by atoms with van der Waals surface area (Å²) in [4.78, 5) is 24.8. The lowest BCUT2D eigenvalue weighted by Gasteiger charge is -2.26. The number of esters is 1. The van der Waals surface area contributed by atoms with Crippen molar-refractivity contribution < 1.29 is 32.2 Å². The van der Waals surface area contributed by atoms with E-state index in [1.165, 1.54) is 36.7 Å². The van der Waals surface area contributed by atoms with Crippen molar-refractivity contribution in [2.45, 2.75) is 24.2 Å². The fraction of sp³-hybridized carbons (Fsp3) is 0.364. The third kappa shape index (κ3) is 5.95. The van der Waals surface area contributed by atoms with Crippen molar-refractivity contribution in [2.24, 2.45) is 0 Å². The van der Waals surface area contributed by atoms with Gasteiger partial charge < -0.3 is 19.5 Å². The van der Waals surface area contributed by atoms with Crippen molar-refractivity contribution in [3.63, 3.8) is 0 Å². The molecule has 0 aromatic heterocycles. The van der Waals surface area contributed by atoms with Crippen LogP contribution >= 0.6 is 11.6 Å². The molecule has 0 aliphatic carbocycles. The molecular formula is C22H25ClN2O7S. The van der Waals surface area contributed by atoms with Gasteiger partial charge in [-0.1, -0.05) is 18.0 Å². The molecule has 1 heterocycles. The molecule has 0 bridgehead atoms. The molecule has 11 heteroatoms. The lowest BCUT2D eigenvalue weighted by molar-refractivity contribution is -0.119. The molecule has 2 aromatic carbocycles. The van der Waals surface area contributed by atoms with E-state index in [-0.39, 0.29) is 15.5 Å². The SMILES string of the molecule is COc1ccc(OC)c(NC(=O)COC(=O)c2cc(S(=O)(=O)N3CCCCC3)ccc2Cl)c1.